The van der Waals surface area contributed by atoms with E-state index in [0.29, 0.717) is 16.9 Å². The molecule has 0 aliphatic rings. The van der Waals surface area contributed by atoms with Gasteiger partial charge < -0.3 is 16.4 Å². The van der Waals surface area contributed by atoms with Crippen LogP contribution in [0.3, 0.4) is 0 Å². The normalized spacial score (nSPS) is 10.2. The van der Waals surface area contributed by atoms with Crippen molar-refractivity contribution in [1.29, 1.82) is 0 Å². The molecule has 0 unspecified atom stereocenters. The molecule has 0 heterocycles. The molecule has 2 aromatic rings. The molecule has 4 N–H and O–H groups in total. The zero-order valence-electron chi connectivity index (χ0n) is 10.7. The van der Waals surface area contributed by atoms with Crippen molar-refractivity contribution in [2.45, 2.75) is 0 Å². The van der Waals surface area contributed by atoms with Crippen molar-refractivity contribution in [3.05, 3.63) is 52.8 Å². The molecule has 2 rings (SSSR count). The highest BCUT2D eigenvalue weighted by Crippen LogP contribution is 2.30. The fourth-order valence-electron chi connectivity index (χ4n) is 1.71. The molecule has 1 amide bonds. The van der Waals surface area contributed by atoms with Gasteiger partial charge in [-0.25, -0.2) is 4.39 Å². The zero-order valence-corrected chi connectivity index (χ0v) is 11.5. The van der Waals surface area contributed by atoms with Crippen molar-refractivity contribution in [2.24, 2.45) is 0 Å². The van der Waals surface area contributed by atoms with Gasteiger partial charge in [-0.3, -0.25) is 4.79 Å². The number of carbonyl (C=O) groups excluding carboxylic acids is 1. The summed E-state index contributed by atoms with van der Waals surface area (Å²) in [6.07, 6.45) is 0. The fourth-order valence-corrected chi connectivity index (χ4v) is 1.92. The lowest BCUT2D eigenvalue weighted by Crippen LogP contribution is -2.18. The predicted molar refractivity (Wildman–Crippen MR) is 78.9 cm³/mol. The summed E-state index contributed by atoms with van der Waals surface area (Å²) in [5, 5.41) is 5.58. The van der Waals surface area contributed by atoms with Crippen LogP contribution in [0.1, 0.15) is 10.4 Å². The number of amides is 1. The number of nitrogens with one attached hydrogen (secondary N) is 2. The van der Waals surface area contributed by atoms with E-state index in [-0.39, 0.29) is 16.6 Å². The van der Waals surface area contributed by atoms with Crippen LogP contribution in [0.4, 0.5) is 21.5 Å². The summed E-state index contributed by atoms with van der Waals surface area (Å²) in [7, 11) is 1.53. The number of halogens is 2. The maximum atomic E-state index is 13.7. The Morgan fingerprint density at radius 1 is 1.30 bits per heavy atom. The van der Waals surface area contributed by atoms with Gasteiger partial charge in [-0.1, -0.05) is 17.7 Å². The number of anilines is 3. The average Bonchev–Trinajstić information content (AvgIpc) is 2.43. The van der Waals surface area contributed by atoms with E-state index < -0.39 is 5.82 Å². The van der Waals surface area contributed by atoms with Crippen LogP contribution in [0.15, 0.2) is 36.4 Å². The Kier molecular flexibility index (Phi) is 4.10. The molecule has 20 heavy (non-hydrogen) atoms. The highest BCUT2D eigenvalue weighted by molar-refractivity contribution is 6.33. The third kappa shape index (κ3) is 2.83. The first-order valence-electron chi connectivity index (χ1n) is 5.85. The number of hydrogen-bond donors (Lipinski definition) is 3. The van der Waals surface area contributed by atoms with Gasteiger partial charge in [-0.15, -0.1) is 0 Å². The second-order valence-electron chi connectivity index (χ2n) is 4.10. The molecule has 0 saturated carbocycles. The Bertz CT molecular complexity index is 641. The van der Waals surface area contributed by atoms with Gasteiger partial charge in [0.2, 0.25) is 0 Å². The average molecular weight is 294 g/mol. The quantitative estimate of drug-likeness (QED) is 0.762. The maximum absolute atomic E-state index is 13.7. The van der Waals surface area contributed by atoms with Gasteiger partial charge in [-0.05, 0) is 30.3 Å². The van der Waals surface area contributed by atoms with E-state index in [2.05, 4.69) is 10.6 Å². The molecule has 0 aliphatic carbocycles. The first-order valence-corrected chi connectivity index (χ1v) is 6.23. The number of benzene rings is 2. The Morgan fingerprint density at radius 3 is 2.65 bits per heavy atom. The largest absolute Gasteiger partial charge is 0.397 e. The summed E-state index contributed by atoms with van der Waals surface area (Å²) >= 11 is 5.93. The SMILES string of the molecule is CNC(=O)c1ccc(Nc2c(F)cccc2Cl)c(N)c1. The predicted octanol–water partition coefficient (Wildman–Crippen LogP) is 3.16. The molecule has 0 aromatic heterocycles. The van der Waals surface area contributed by atoms with E-state index in [1.165, 1.54) is 25.2 Å². The molecule has 0 saturated heterocycles. The molecular weight excluding hydrogens is 281 g/mol. The lowest BCUT2D eigenvalue weighted by atomic mass is 10.1. The highest BCUT2D eigenvalue weighted by Gasteiger charge is 2.10. The molecule has 2 aromatic carbocycles. The lowest BCUT2D eigenvalue weighted by molar-refractivity contribution is 0.0963. The lowest BCUT2D eigenvalue weighted by Gasteiger charge is -2.12. The summed E-state index contributed by atoms with van der Waals surface area (Å²) < 4.78 is 13.7. The minimum absolute atomic E-state index is 0.147. The second kappa shape index (κ2) is 5.79. The molecule has 0 atom stereocenters. The molecule has 6 heteroatoms. The van der Waals surface area contributed by atoms with Crippen LogP contribution in [0, 0.1) is 5.82 Å². The first-order chi connectivity index (χ1) is 9.52. The third-order valence-electron chi connectivity index (χ3n) is 2.76. The first kappa shape index (κ1) is 14.1. The summed E-state index contributed by atoms with van der Waals surface area (Å²) in [5.74, 6) is -0.723. The van der Waals surface area contributed by atoms with Gasteiger partial charge in [0.15, 0.2) is 0 Å². The number of nitrogen functional groups attached to an aromatic ring is 1. The van der Waals surface area contributed by atoms with Gasteiger partial charge in [0, 0.05) is 12.6 Å². The van der Waals surface area contributed by atoms with Crippen LogP contribution in [-0.4, -0.2) is 13.0 Å². The van der Waals surface area contributed by atoms with Crippen LogP contribution in [0.2, 0.25) is 5.02 Å². The van der Waals surface area contributed by atoms with Gasteiger partial charge in [0.05, 0.1) is 22.1 Å². The minimum atomic E-state index is -0.479. The Hall–Kier alpha value is -2.27. The van der Waals surface area contributed by atoms with Gasteiger partial charge >= 0.3 is 0 Å². The number of rotatable bonds is 3. The van der Waals surface area contributed by atoms with E-state index in [4.69, 9.17) is 17.3 Å². The summed E-state index contributed by atoms with van der Waals surface area (Å²) in [5.41, 5.74) is 7.23. The monoisotopic (exact) mass is 293 g/mol. The molecule has 0 spiro atoms. The van der Waals surface area contributed by atoms with E-state index >= 15 is 0 Å². The molecular formula is C14H13ClFN3O. The van der Waals surface area contributed by atoms with Gasteiger partial charge in [0.25, 0.3) is 5.91 Å². The topological polar surface area (TPSA) is 67.2 Å². The Labute approximate surface area is 120 Å². The van der Waals surface area contributed by atoms with Gasteiger partial charge in [-0.2, -0.15) is 0 Å². The van der Waals surface area contributed by atoms with Crippen molar-refractivity contribution in [1.82, 2.24) is 5.32 Å². The maximum Gasteiger partial charge on any atom is 0.251 e. The van der Waals surface area contributed by atoms with Gasteiger partial charge in [0.1, 0.15) is 5.82 Å². The number of carbonyl (C=O) groups is 1. The van der Waals surface area contributed by atoms with Crippen molar-refractivity contribution in [3.63, 3.8) is 0 Å². The summed E-state index contributed by atoms with van der Waals surface area (Å²) in [6, 6.07) is 9.08. The third-order valence-corrected chi connectivity index (χ3v) is 3.08. The van der Waals surface area contributed by atoms with E-state index in [1.54, 1.807) is 18.2 Å². The van der Waals surface area contributed by atoms with Crippen molar-refractivity contribution in [3.8, 4) is 0 Å². The fraction of sp³-hybridized carbons (Fsp3) is 0.0714. The van der Waals surface area contributed by atoms with Crippen LogP contribution in [0.5, 0.6) is 0 Å². The zero-order chi connectivity index (χ0) is 14.7. The summed E-state index contributed by atoms with van der Waals surface area (Å²) in [6.45, 7) is 0. The number of hydrogen-bond acceptors (Lipinski definition) is 3. The molecule has 0 bridgehead atoms. The second-order valence-corrected chi connectivity index (χ2v) is 4.51. The Balaban J connectivity index is 2.33. The molecule has 0 aliphatic heterocycles. The van der Waals surface area contributed by atoms with Crippen molar-refractivity contribution in [2.75, 3.05) is 18.1 Å². The molecule has 0 radical (unpaired) electrons. The van der Waals surface area contributed by atoms with Crippen molar-refractivity contribution < 1.29 is 9.18 Å². The van der Waals surface area contributed by atoms with Crippen LogP contribution >= 0.6 is 11.6 Å². The number of nitrogens with two attached hydrogens (primary N) is 1. The summed E-state index contributed by atoms with van der Waals surface area (Å²) in [4.78, 5) is 11.5. The Morgan fingerprint density at radius 2 is 2.05 bits per heavy atom. The van der Waals surface area contributed by atoms with Crippen LogP contribution in [-0.2, 0) is 0 Å². The standard InChI is InChI=1S/C14H13ClFN3O/c1-18-14(20)8-5-6-12(11(17)7-8)19-13-9(15)3-2-4-10(13)16/h2-7,19H,17H2,1H3,(H,18,20). The molecule has 104 valence electrons. The highest BCUT2D eigenvalue weighted by atomic mass is 35.5. The minimum Gasteiger partial charge on any atom is -0.397 e. The van der Waals surface area contributed by atoms with Crippen LogP contribution in [0.25, 0.3) is 0 Å². The number of para-hydroxylation sites is 1. The van der Waals surface area contributed by atoms with E-state index in [9.17, 15) is 9.18 Å². The van der Waals surface area contributed by atoms with Crippen molar-refractivity contribution >= 4 is 34.6 Å². The van der Waals surface area contributed by atoms with Crippen LogP contribution < -0.4 is 16.4 Å². The van der Waals surface area contributed by atoms with E-state index in [1.807, 2.05) is 0 Å². The molecule has 4 nitrogen and oxygen atoms in total. The smallest absolute Gasteiger partial charge is 0.251 e. The van der Waals surface area contributed by atoms with E-state index in [0.717, 1.165) is 0 Å². The molecule has 0 fully saturated rings.